The maximum absolute atomic E-state index is 13.1. The fraction of sp³-hybridized carbons (Fsp3) is 0.440. The van der Waals surface area contributed by atoms with Crippen molar-refractivity contribution >= 4 is 23.4 Å². The monoisotopic (exact) mass is 444 g/mol. The number of ether oxygens (including phenoxy) is 1. The van der Waals surface area contributed by atoms with Crippen LogP contribution in [-0.4, -0.2) is 35.9 Å². The summed E-state index contributed by atoms with van der Waals surface area (Å²) in [5.41, 5.74) is 1.94. The van der Waals surface area contributed by atoms with Crippen LogP contribution in [0.15, 0.2) is 48.5 Å². The fourth-order valence-electron chi connectivity index (χ4n) is 3.22. The second kappa shape index (κ2) is 12.4. The molecule has 2 rings (SSSR count). The molecule has 0 heterocycles. The van der Waals surface area contributed by atoms with Gasteiger partial charge in [-0.3, -0.25) is 9.59 Å². The molecule has 5 nitrogen and oxygen atoms in total. The number of carbonyl (C=O) groups excluding carboxylic acids is 2. The van der Waals surface area contributed by atoms with Gasteiger partial charge in [-0.25, -0.2) is 0 Å². The Kier molecular flexibility index (Phi) is 9.86. The quantitative estimate of drug-likeness (QED) is 0.486. The first-order valence-electron chi connectivity index (χ1n) is 10.9. The highest BCUT2D eigenvalue weighted by molar-refractivity contribution is 6.30. The number of carbonyl (C=O) groups is 2. The van der Waals surface area contributed by atoms with Crippen LogP contribution in [0, 0.1) is 0 Å². The number of nitrogens with zero attached hydrogens (tertiary/aromatic N) is 1. The van der Waals surface area contributed by atoms with E-state index in [-0.39, 0.29) is 24.3 Å². The first-order chi connectivity index (χ1) is 14.8. The maximum atomic E-state index is 13.1. The average molecular weight is 445 g/mol. The molecule has 6 heteroatoms. The normalized spacial score (nSPS) is 11.8. The van der Waals surface area contributed by atoms with Gasteiger partial charge in [-0.15, -0.1) is 0 Å². The van der Waals surface area contributed by atoms with E-state index in [4.69, 9.17) is 16.3 Å². The molecule has 0 saturated carbocycles. The smallest absolute Gasteiger partial charge is 0.261 e. The van der Waals surface area contributed by atoms with Gasteiger partial charge in [0.2, 0.25) is 5.91 Å². The minimum atomic E-state index is -0.621. The molecule has 168 valence electrons. The van der Waals surface area contributed by atoms with Crippen molar-refractivity contribution in [3.63, 3.8) is 0 Å². The van der Waals surface area contributed by atoms with E-state index in [1.54, 1.807) is 24.0 Å². The van der Waals surface area contributed by atoms with Crippen LogP contribution in [0.1, 0.15) is 57.6 Å². The lowest BCUT2D eigenvalue weighted by Gasteiger charge is -2.29. The second-order valence-electron chi connectivity index (χ2n) is 7.95. The molecule has 0 radical (unpaired) electrons. The number of para-hydroxylation sites is 1. The van der Waals surface area contributed by atoms with Crippen LogP contribution in [0.4, 0.5) is 0 Å². The van der Waals surface area contributed by atoms with Gasteiger partial charge in [0.05, 0.1) is 0 Å². The van der Waals surface area contributed by atoms with Crippen molar-refractivity contribution in [3.8, 4) is 5.75 Å². The van der Waals surface area contributed by atoms with Crippen molar-refractivity contribution in [2.24, 2.45) is 0 Å². The van der Waals surface area contributed by atoms with E-state index in [0.717, 1.165) is 24.0 Å². The van der Waals surface area contributed by atoms with Crippen LogP contribution in [0.5, 0.6) is 5.75 Å². The number of hydrogen-bond acceptors (Lipinski definition) is 3. The number of nitrogens with one attached hydrogen (secondary N) is 1. The Labute approximate surface area is 190 Å². The third-order valence-corrected chi connectivity index (χ3v) is 5.41. The van der Waals surface area contributed by atoms with Crippen LogP contribution >= 0.6 is 11.6 Å². The van der Waals surface area contributed by atoms with Gasteiger partial charge in [0.15, 0.2) is 6.61 Å². The highest BCUT2D eigenvalue weighted by atomic mass is 35.5. The lowest BCUT2D eigenvalue weighted by Crippen LogP contribution is -2.49. The van der Waals surface area contributed by atoms with Crippen molar-refractivity contribution < 1.29 is 14.3 Å². The van der Waals surface area contributed by atoms with Gasteiger partial charge in [0, 0.05) is 18.1 Å². The molecule has 0 fully saturated rings. The number of hydrogen-bond donors (Lipinski definition) is 1. The lowest BCUT2D eigenvalue weighted by molar-refractivity contribution is -0.142. The Morgan fingerprint density at radius 1 is 1.06 bits per heavy atom. The van der Waals surface area contributed by atoms with Gasteiger partial charge < -0.3 is 15.0 Å². The summed E-state index contributed by atoms with van der Waals surface area (Å²) in [7, 11) is 0. The molecule has 31 heavy (non-hydrogen) atoms. The van der Waals surface area contributed by atoms with Gasteiger partial charge in [-0.2, -0.15) is 0 Å². The summed E-state index contributed by atoms with van der Waals surface area (Å²) in [5.74, 6) is 0.557. The molecule has 0 saturated heterocycles. The standard InChI is InChI=1S/C25H33ClN2O3/c1-5-6-15-27-25(30)19(4)28(16-20-11-13-21(26)14-12-20)24(29)17-31-23-10-8-7-9-22(23)18(2)3/h7-14,18-19H,5-6,15-17H2,1-4H3,(H,27,30)/t19-/m1/s1. The van der Waals surface area contributed by atoms with Crippen LogP contribution < -0.4 is 10.1 Å². The molecule has 0 unspecified atom stereocenters. The van der Waals surface area contributed by atoms with Crippen molar-refractivity contribution in [1.29, 1.82) is 0 Å². The molecule has 0 aliphatic rings. The van der Waals surface area contributed by atoms with Gasteiger partial charge in [-0.1, -0.05) is 69.1 Å². The highest BCUT2D eigenvalue weighted by Crippen LogP contribution is 2.26. The number of rotatable bonds is 11. The minimum absolute atomic E-state index is 0.135. The number of amides is 2. The SMILES string of the molecule is CCCCNC(=O)[C@@H](C)N(Cc1ccc(Cl)cc1)C(=O)COc1ccccc1C(C)C. The summed E-state index contributed by atoms with van der Waals surface area (Å²) < 4.78 is 5.88. The molecule has 0 aromatic heterocycles. The Morgan fingerprint density at radius 2 is 1.74 bits per heavy atom. The molecule has 1 N–H and O–H groups in total. The van der Waals surface area contributed by atoms with Crippen molar-refractivity contribution in [3.05, 3.63) is 64.7 Å². The molecule has 2 aromatic carbocycles. The van der Waals surface area contributed by atoms with Crippen molar-refractivity contribution in [2.45, 2.75) is 59.0 Å². The molecular formula is C25H33ClN2O3. The van der Waals surface area contributed by atoms with Gasteiger partial charge in [0.1, 0.15) is 11.8 Å². The molecule has 0 aliphatic carbocycles. The Balaban J connectivity index is 2.15. The van der Waals surface area contributed by atoms with E-state index in [0.29, 0.717) is 23.9 Å². The van der Waals surface area contributed by atoms with Crippen LogP contribution in [0.3, 0.4) is 0 Å². The van der Waals surface area contributed by atoms with Gasteiger partial charge in [-0.05, 0) is 48.6 Å². The molecule has 0 aliphatic heterocycles. The summed E-state index contributed by atoms with van der Waals surface area (Å²) >= 11 is 5.99. The van der Waals surface area contributed by atoms with Gasteiger partial charge >= 0.3 is 0 Å². The number of halogens is 1. The molecule has 2 aromatic rings. The Hall–Kier alpha value is -2.53. The van der Waals surface area contributed by atoms with E-state index < -0.39 is 6.04 Å². The van der Waals surface area contributed by atoms with E-state index in [2.05, 4.69) is 26.1 Å². The molecule has 1 atom stereocenters. The molecular weight excluding hydrogens is 412 g/mol. The van der Waals surface area contributed by atoms with E-state index in [1.807, 2.05) is 36.4 Å². The Morgan fingerprint density at radius 3 is 2.39 bits per heavy atom. The predicted octanol–water partition coefficient (Wildman–Crippen LogP) is 5.18. The lowest BCUT2D eigenvalue weighted by atomic mass is 10.0. The minimum Gasteiger partial charge on any atom is -0.483 e. The summed E-state index contributed by atoms with van der Waals surface area (Å²) in [4.78, 5) is 27.4. The third kappa shape index (κ3) is 7.59. The van der Waals surface area contributed by atoms with Crippen LogP contribution in [0.25, 0.3) is 0 Å². The zero-order valence-corrected chi connectivity index (χ0v) is 19.6. The molecule has 0 bridgehead atoms. The van der Waals surface area contributed by atoms with E-state index in [1.165, 1.54) is 0 Å². The summed E-state index contributed by atoms with van der Waals surface area (Å²) in [5, 5.41) is 3.54. The average Bonchev–Trinajstić information content (AvgIpc) is 2.76. The van der Waals surface area contributed by atoms with Crippen molar-refractivity contribution in [1.82, 2.24) is 10.2 Å². The molecule has 0 spiro atoms. The summed E-state index contributed by atoms with van der Waals surface area (Å²) in [6.07, 6.45) is 1.89. The zero-order chi connectivity index (χ0) is 22.8. The van der Waals surface area contributed by atoms with Crippen LogP contribution in [-0.2, 0) is 16.1 Å². The Bertz CT molecular complexity index is 852. The maximum Gasteiger partial charge on any atom is 0.261 e. The van der Waals surface area contributed by atoms with E-state index >= 15 is 0 Å². The topological polar surface area (TPSA) is 58.6 Å². The van der Waals surface area contributed by atoms with Crippen molar-refractivity contribution in [2.75, 3.05) is 13.2 Å². The van der Waals surface area contributed by atoms with Crippen LogP contribution in [0.2, 0.25) is 5.02 Å². The first kappa shape index (κ1) is 24.7. The summed E-state index contributed by atoms with van der Waals surface area (Å²) in [6, 6.07) is 14.4. The number of benzene rings is 2. The largest absolute Gasteiger partial charge is 0.483 e. The zero-order valence-electron chi connectivity index (χ0n) is 18.9. The predicted molar refractivity (Wildman–Crippen MR) is 125 cm³/mol. The van der Waals surface area contributed by atoms with E-state index in [9.17, 15) is 9.59 Å². The number of unbranched alkanes of at least 4 members (excludes halogenated alkanes) is 1. The summed E-state index contributed by atoms with van der Waals surface area (Å²) in [6.45, 7) is 8.74. The highest BCUT2D eigenvalue weighted by Gasteiger charge is 2.26. The third-order valence-electron chi connectivity index (χ3n) is 5.16. The fourth-order valence-corrected chi connectivity index (χ4v) is 3.34. The second-order valence-corrected chi connectivity index (χ2v) is 8.39. The molecule has 2 amide bonds. The van der Waals surface area contributed by atoms with Gasteiger partial charge in [0.25, 0.3) is 5.91 Å². The first-order valence-corrected chi connectivity index (χ1v) is 11.2.